The molecule has 0 unspecified atom stereocenters. The summed E-state index contributed by atoms with van der Waals surface area (Å²) >= 11 is 0. The maximum atomic E-state index is 10.8. The van der Waals surface area contributed by atoms with Gasteiger partial charge in [0.15, 0.2) is 0 Å². The van der Waals surface area contributed by atoms with E-state index < -0.39 is 5.97 Å². The molecule has 6 heteroatoms. The molecule has 1 rings (SSSR count). The molecule has 21 heavy (non-hydrogen) atoms. The summed E-state index contributed by atoms with van der Waals surface area (Å²) in [6, 6.07) is 7.44. The first-order valence-electron chi connectivity index (χ1n) is 7.03. The van der Waals surface area contributed by atoms with E-state index >= 15 is 0 Å². The van der Waals surface area contributed by atoms with Gasteiger partial charge in [-0.15, -0.1) is 0 Å². The number of benzene rings is 1. The molecule has 0 saturated heterocycles. The van der Waals surface area contributed by atoms with Gasteiger partial charge in [-0.05, 0) is 18.6 Å². The lowest BCUT2D eigenvalue weighted by Gasteiger charge is -2.25. The number of nitrogens with two attached hydrogens (primary N) is 1. The van der Waals surface area contributed by atoms with Gasteiger partial charge in [-0.3, -0.25) is 4.79 Å². The molecule has 0 aliphatic heterocycles. The predicted octanol–water partition coefficient (Wildman–Crippen LogP) is 1.60. The summed E-state index contributed by atoms with van der Waals surface area (Å²) in [5.41, 5.74) is 7.44. The van der Waals surface area contributed by atoms with Gasteiger partial charge in [-0.25, -0.2) is 0 Å². The van der Waals surface area contributed by atoms with Gasteiger partial charge in [-0.2, -0.15) is 0 Å². The number of hydrogen-bond donors (Lipinski definition) is 2. The molecular weight excluding hydrogens is 272 g/mol. The van der Waals surface area contributed by atoms with Crippen LogP contribution < -0.4 is 10.6 Å². The van der Waals surface area contributed by atoms with E-state index in [-0.39, 0.29) is 6.42 Å². The zero-order valence-corrected chi connectivity index (χ0v) is 12.5. The van der Waals surface area contributed by atoms with Crippen molar-refractivity contribution in [2.24, 2.45) is 0 Å². The van der Waals surface area contributed by atoms with Crippen molar-refractivity contribution in [3.05, 3.63) is 24.3 Å². The van der Waals surface area contributed by atoms with E-state index in [1.54, 1.807) is 7.11 Å². The Morgan fingerprint density at radius 3 is 2.67 bits per heavy atom. The lowest BCUT2D eigenvalue weighted by molar-refractivity contribution is -0.136. The van der Waals surface area contributed by atoms with Crippen molar-refractivity contribution < 1.29 is 19.4 Å². The van der Waals surface area contributed by atoms with Gasteiger partial charge in [0.25, 0.3) is 0 Å². The maximum Gasteiger partial charge on any atom is 0.305 e. The van der Waals surface area contributed by atoms with Gasteiger partial charge in [-0.1, -0.05) is 12.1 Å². The molecule has 0 atom stereocenters. The Balaban J connectivity index is 2.49. The van der Waals surface area contributed by atoms with Crippen molar-refractivity contribution in [3.8, 4) is 0 Å². The number of carboxylic acid groups (broad SMARTS) is 1. The van der Waals surface area contributed by atoms with Gasteiger partial charge in [0, 0.05) is 33.4 Å². The molecule has 0 bridgehead atoms. The lowest BCUT2D eigenvalue weighted by atomic mass is 10.2. The molecule has 0 saturated carbocycles. The minimum absolute atomic E-state index is 0.0675. The molecule has 0 aliphatic carbocycles. The zero-order chi connectivity index (χ0) is 15.5. The second kappa shape index (κ2) is 10.0. The van der Waals surface area contributed by atoms with E-state index in [4.69, 9.17) is 20.3 Å². The Morgan fingerprint density at radius 1 is 1.24 bits per heavy atom. The van der Waals surface area contributed by atoms with E-state index in [0.717, 1.165) is 12.1 Å². The van der Waals surface area contributed by atoms with E-state index in [2.05, 4.69) is 0 Å². The normalized spacial score (nSPS) is 10.5. The third kappa shape index (κ3) is 6.97. The third-order valence-corrected chi connectivity index (χ3v) is 3.02. The van der Waals surface area contributed by atoms with E-state index in [1.807, 2.05) is 29.2 Å². The maximum absolute atomic E-state index is 10.8. The van der Waals surface area contributed by atoms with Crippen LogP contribution in [0.25, 0.3) is 0 Å². The van der Waals surface area contributed by atoms with Crippen LogP contribution in [0.15, 0.2) is 24.3 Å². The van der Waals surface area contributed by atoms with Crippen molar-refractivity contribution in [1.82, 2.24) is 0 Å². The summed E-state index contributed by atoms with van der Waals surface area (Å²) < 4.78 is 10.5. The molecule has 0 fully saturated rings. The average molecular weight is 296 g/mol. The molecular formula is C15H24N2O4. The number of anilines is 2. The first-order valence-corrected chi connectivity index (χ1v) is 7.03. The summed E-state index contributed by atoms with van der Waals surface area (Å²) in [5, 5.41) is 8.84. The van der Waals surface area contributed by atoms with Crippen LogP contribution in [0.4, 0.5) is 11.4 Å². The molecule has 0 spiro atoms. The van der Waals surface area contributed by atoms with Crippen LogP contribution in [-0.2, 0) is 14.3 Å². The molecule has 0 aromatic heterocycles. The number of carbonyl (C=O) groups is 1. The fourth-order valence-electron chi connectivity index (χ4n) is 1.94. The Bertz CT molecular complexity index is 426. The fraction of sp³-hybridized carbons (Fsp3) is 0.533. The number of para-hydroxylation sites is 2. The Hall–Kier alpha value is -1.79. The van der Waals surface area contributed by atoms with Crippen LogP contribution in [0.5, 0.6) is 0 Å². The highest BCUT2D eigenvalue weighted by molar-refractivity contribution is 5.70. The molecule has 1 aromatic carbocycles. The van der Waals surface area contributed by atoms with Crippen molar-refractivity contribution >= 4 is 17.3 Å². The molecule has 1 aromatic rings. The molecule has 0 amide bonds. The molecule has 118 valence electrons. The summed E-state index contributed by atoms with van der Waals surface area (Å²) in [6.07, 6.45) is 0.914. The van der Waals surface area contributed by atoms with Crippen LogP contribution >= 0.6 is 0 Å². The summed E-state index contributed by atoms with van der Waals surface area (Å²) in [7, 11) is 1.66. The number of methoxy groups -OCH3 is 1. The van der Waals surface area contributed by atoms with Crippen molar-refractivity contribution in [3.63, 3.8) is 0 Å². The first kappa shape index (κ1) is 17.3. The van der Waals surface area contributed by atoms with E-state index in [0.29, 0.717) is 38.6 Å². The van der Waals surface area contributed by atoms with Crippen molar-refractivity contribution in [2.45, 2.75) is 12.8 Å². The number of carboxylic acids is 1. The Labute approximate surface area is 125 Å². The highest BCUT2D eigenvalue weighted by atomic mass is 16.5. The number of aliphatic carboxylic acids is 1. The molecule has 6 nitrogen and oxygen atoms in total. The van der Waals surface area contributed by atoms with Gasteiger partial charge >= 0.3 is 5.97 Å². The SMILES string of the molecule is COCCCOCCN(CCC(=O)O)c1ccccc1N. The summed E-state index contributed by atoms with van der Waals surface area (Å²) in [5.74, 6) is -0.824. The van der Waals surface area contributed by atoms with Crippen LogP contribution in [0.3, 0.4) is 0 Å². The van der Waals surface area contributed by atoms with E-state index in [9.17, 15) is 4.79 Å². The van der Waals surface area contributed by atoms with Crippen LogP contribution in [-0.4, -0.2) is 51.1 Å². The molecule has 0 aliphatic rings. The topological polar surface area (TPSA) is 85.0 Å². The quantitative estimate of drug-likeness (QED) is 0.476. The predicted molar refractivity (Wildman–Crippen MR) is 82.6 cm³/mol. The first-order chi connectivity index (χ1) is 10.1. The third-order valence-electron chi connectivity index (χ3n) is 3.02. The number of hydrogen-bond acceptors (Lipinski definition) is 5. The largest absolute Gasteiger partial charge is 0.481 e. The standard InChI is InChI=1S/C15H24N2O4/c1-20-10-4-11-21-12-9-17(8-7-15(18)19)14-6-3-2-5-13(14)16/h2-3,5-6H,4,7-12,16H2,1H3,(H,18,19). The minimum atomic E-state index is -0.824. The zero-order valence-electron chi connectivity index (χ0n) is 12.5. The number of ether oxygens (including phenoxy) is 2. The molecule has 0 radical (unpaired) electrons. The fourth-order valence-corrected chi connectivity index (χ4v) is 1.94. The second-order valence-electron chi connectivity index (χ2n) is 4.65. The lowest BCUT2D eigenvalue weighted by Crippen LogP contribution is -2.30. The highest BCUT2D eigenvalue weighted by Gasteiger charge is 2.11. The highest BCUT2D eigenvalue weighted by Crippen LogP contribution is 2.22. The van der Waals surface area contributed by atoms with Gasteiger partial charge < -0.3 is 25.2 Å². The van der Waals surface area contributed by atoms with Gasteiger partial charge in [0.05, 0.1) is 24.4 Å². The smallest absolute Gasteiger partial charge is 0.305 e. The number of nitrogen functional groups attached to an aromatic ring is 1. The Morgan fingerprint density at radius 2 is 2.00 bits per heavy atom. The average Bonchev–Trinajstić information content (AvgIpc) is 2.46. The number of rotatable bonds is 11. The van der Waals surface area contributed by atoms with Gasteiger partial charge in [0.2, 0.25) is 0 Å². The Kier molecular flexibility index (Phi) is 8.23. The molecule has 3 N–H and O–H groups in total. The monoisotopic (exact) mass is 296 g/mol. The minimum Gasteiger partial charge on any atom is -0.481 e. The van der Waals surface area contributed by atoms with Gasteiger partial charge in [0.1, 0.15) is 0 Å². The van der Waals surface area contributed by atoms with Crippen molar-refractivity contribution in [2.75, 3.05) is 50.7 Å². The summed E-state index contributed by atoms with van der Waals surface area (Å²) in [6.45, 7) is 2.84. The summed E-state index contributed by atoms with van der Waals surface area (Å²) in [4.78, 5) is 12.7. The number of nitrogens with zero attached hydrogens (tertiary/aromatic N) is 1. The second-order valence-corrected chi connectivity index (χ2v) is 4.65. The van der Waals surface area contributed by atoms with Crippen LogP contribution in [0, 0.1) is 0 Å². The van der Waals surface area contributed by atoms with Crippen LogP contribution in [0.1, 0.15) is 12.8 Å². The molecule has 0 heterocycles. The van der Waals surface area contributed by atoms with Crippen LogP contribution in [0.2, 0.25) is 0 Å². The van der Waals surface area contributed by atoms with E-state index in [1.165, 1.54) is 0 Å². The van der Waals surface area contributed by atoms with Crippen molar-refractivity contribution in [1.29, 1.82) is 0 Å².